The van der Waals surface area contributed by atoms with Crippen LogP contribution in [-0.4, -0.2) is 43.8 Å². The van der Waals surface area contributed by atoms with Crippen molar-refractivity contribution in [3.05, 3.63) is 94.0 Å². The first kappa shape index (κ1) is 31.5. The molecule has 0 aliphatic carbocycles. The van der Waals surface area contributed by atoms with Crippen molar-refractivity contribution < 1.29 is 18.0 Å². The molecule has 0 aliphatic rings. The van der Waals surface area contributed by atoms with Crippen LogP contribution in [0.3, 0.4) is 0 Å². The van der Waals surface area contributed by atoms with E-state index in [0.717, 1.165) is 21.9 Å². The zero-order chi connectivity index (χ0) is 29.4. The third-order valence-electron chi connectivity index (χ3n) is 6.61. The number of nitrogens with one attached hydrogen (secondary N) is 1. The predicted octanol–water partition coefficient (Wildman–Crippen LogP) is 6.22. The van der Waals surface area contributed by atoms with Gasteiger partial charge in [-0.1, -0.05) is 85.1 Å². The molecule has 0 bridgehead atoms. The van der Waals surface area contributed by atoms with Crippen molar-refractivity contribution in [1.82, 2.24) is 10.2 Å². The summed E-state index contributed by atoms with van der Waals surface area (Å²) in [7, 11) is -4.22. The van der Waals surface area contributed by atoms with Crippen LogP contribution in [-0.2, 0) is 26.2 Å². The highest BCUT2D eigenvalue weighted by Gasteiger charge is 2.34. The molecule has 214 valence electrons. The fourth-order valence-electron chi connectivity index (χ4n) is 4.28. The number of carbonyl (C=O) groups excluding carboxylic acids is 2. The van der Waals surface area contributed by atoms with Gasteiger partial charge in [0.15, 0.2) is 0 Å². The van der Waals surface area contributed by atoms with E-state index in [-0.39, 0.29) is 34.1 Å². The Labute approximate surface area is 247 Å². The molecule has 0 aromatic heterocycles. The van der Waals surface area contributed by atoms with E-state index < -0.39 is 28.5 Å². The van der Waals surface area contributed by atoms with Gasteiger partial charge in [-0.05, 0) is 62.6 Å². The Kier molecular flexibility index (Phi) is 11.0. The van der Waals surface area contributed by atoms with E-state index in [9.17, 15) is 18.0 Å². The quantitative estimate of drug-likeness (QED) is 0.266. The Balaban J connectivity index is 2.08. The van der Waals surface area contributed by atoms with Crippen LogP contribution < -0.4 is 9.62 Å². The molecule has 7 nitrogen and oxygen atoms in total. The number of anilines is 1. The summed E-state index contributed by atoms with van der Waals surface area (Å²) in [5.74, 6) is -0.835. The van der Waals surface area contributed by atoms with Gasteiger partial charge in [0.2, 0.25) is 11.8 Å². The second-order valence-electron chi connectivity index (χ2n) is 9.67. The van der Waals surface area contributed by atoms with Gasteiger partial charge >= 0.3 is 0 Å². The molecule has 0 saturated carbocycles. The maximum Gasteiger partial charge on any atom is 0.264 e. The van der Waals surface area contributed by atoms with Crippen LogP contribution in [0.2, 0.25) is 10.0 Å². The van der Waals surface area contributed by atoms with E-state index in [2.05, 4.69) is 5.32 Å². The van der Waals surface area contributed by atoms with Crippen LogP contribution in [0.5, 0.6) is 0 Å². The molecule has 3 rings (SSSR count). The van der Waals surface area contributed by atoms with Gasteiger partial charge in [0.25, 0.3) is 10.0 Å². The second kappa shape index (κ2) is 14.0. The molecule has 0 saturated heterocycles. The minimum absolute atomic E-state index is 0.000561. The summed E-state index contributed by atoms with van der Waals surface area (Å²) in [5, 5.41) is 3.37. The van der Waals surface area contributed by atoms with Gasteiger partial charge in [-0.3, -0.25) is 13.9 Å². The first-order valence-electron chi connectivity index (χ1n) is 13.2. The lowest BCUT2D eigenvalue weighted by molar-refractivity contribution is -0.140. The van der Waals surface area contributed by atoms with Gasteiger partial charge in [-0.25, -0.2) is 8.42 Å². The van der Waals surface area contributed by atoms with Crippen molar-refractivity contribution >= 4 is 50.7 Å². The second-order valence-corrected chi connectivity index (χ2v) is 12.4. The molecule has 40 heavy (non-hydrogen) atoms. The van der Waals surface area contributed by atoms with Gasteiger partial charge in [0.1, 0.15) is 12.6 Å². The number of nitrogens with zero attached hydrogens (tertiary/aromatic N) is 2. The molecule has 0 heterocycles. The maximum atomic E-state index is 14.1. The molecule has 0 aliphatic heterocycles. The number of hydrogen-bond donors (Lipinski definition) is 1. The Morgan fingerprint density at radius 3 is 2.23 bits per heavy atom. The summed E-state index contributed by atoms with van der Waals surface area (Å²) >= 11 is 12.6. The molecule has 1 N–H and O–H groups in total. The minimum atomic E-state index is -4.22. The average Bonchev–Trinajstić information content (AvgIpc) is 2.92. The summed E-state index contributed by atoms with van der Waals surface area (Å²) < 4.78 is 28.7. The topological polar surface area (TPSA) is 86.8 Å². The number of benzene rings is 3. The Bertz CT molecular complexity index is 1430. The predicted molar refractivity (Wildman–Crippen MR) is 161 cm³/mol. The van der Waals surface area contributed by atoms with E-state index in [1.165, 1.54) is 35.2 Å². The summed E-state index contributed by atoms with van der Waals surface area (Å²) in [6.45, 7) is 7.18. The highest BCUT2D eigenvalue weighted by Crippen LogP contribution is 2.33. The number of aryl methyl sites for hydroxylation is 1. The van der Waals surface area contributed by atoms with Crippen molar-refractivity contribution in [2.24, 2.45) is 0 Å². The van der Waals surface area contributed by atoms with Crippen molar-refractivity contribution in [3.63, 3.8) is 0 Å². The molecular formula is C30H35Cl2N3O4S. The van der Waals surface area contributed by atoms with Crippen molar-refractivity contribution in [2.45, 2.75) is 64.1 Å². The standard InChI is InChI=1S/C30H35Cl2N3O4S/c1-5-22(4)33-30(37)27(6-2)34(19-23-12-10-11-21(3)17-23)29(36)20-35(28-16-15-24(31)18-26(28)32)40(38,39)25-13-8-7-9-14-25/h7-18,22,27H,5-6,19-20H2,1-4H3,(H,33,37)/t22-,27+/m0/s1. The van der Waals surface area contributed by atoms with E-state index in [1.807, 2.05) is 52.0 Å². The lowest BCUT2D eigenvalue weighted by atomic mass is 10.1. The third kappa shape index (κ3) is 7.77. The zero-order valence-electron chi connectivity index (χ0n) is 23.1. The molecule has 0 unspecified atom stereocenters. The molecule has 0 spiro atoms. The van der Waals surface area contributed by atoms with Gasteiger partial charge < -0.3 is 10.2 Å². The van der Waals surface area contributed by atoms with Crippen LogP contribution in [0, 0.1) is 6.92 Å². The number of halogens is 2. The highest BCUT2D eigenvalue weighted by molar-refractivity contribution is 7.92. The van der Waals surface area contributed by atoms with Gasteiger partial charge in [-0.15, -0.1) is 0 Å². The van der Waals surface area contributed by atoms with E-state index >= 15 is 0 Å². The lowest BCUT2D eigenvalue weighted by Crippen LogP contribution is -2.53. The number of amides is 2. The maximum absolute atomic E-state index is 14.1. The molecule has 3 aromatic carbocycles. The Morgan fingerprint density at radius 1 is 0.925 bits per heavy atom. The van der Waals surface area contributed by atoms with Crippen LogP contribution >= 0.6 is 23.2 Å². The first-order chi connectivity index (χ1) is 19.0. The van der Waals surface area contributed by atoms with Crippen molar-refractivity contribution in [1.29, 1.82) is 0 Å². The van der Waals surface area contributed by atoms with E-state index in [0.29, 0.717) is 11.4 Å². The van der Waals surface area contributed by atoms with Crippen molar-refractivity contribution in [3.8, 4) is 0 Å². The van der Waals surface area contributed by atoms with Crippen molar-refractivity contribution in [2.75, 3.05) is 10.8 Å². The Morgan fingerprint density at radius 2 is 1.62 bits per heavy atom. The fraction of sp³-hybridized carbons (Fsp3) is 0.333. The first-order valence-corrected chi connectivity index (χ1v) is 15.4. The molecular weight excluding hydrogens is 569 g/mol. The van der Waals surface area contributed by atoms with E-state index in [4.69, 9.17) is 23.2 Å². The van der Waals surface area contributed by atoms with Crippen LogP contribution in [0.25, 0.3) is 0 Å². The molecule has 10 heteroatoms. The molecule has 3 aromatic rings. The summed E-state index contributed by atoms with van der Waals surface area (Å²) in [6.07, 6.45) is 1.07. The smallest absolute Gasteiger partial charge is 0.264 e. The lowest BCUT2D eigenvalue weighted by Gasteiger charge is -2.34. The minimum Gasteiger partial charge on any atom is -0.352 e. The number of carbonyl (C=O) groups is 2. The number of rotatable bonds is 12. The van der Waals surface area contributed by atoms with Crippen LogP contribution in [0.1, 0.15) is 44.7 Å². The molecule has 0 radical (unpaired) electrons. The average molecular weight is 605 g/mol. The number of sulfonamides is 1. The molecule has 0 fully saturated rings. The Hall–Kier alpha value is -3.07. The SMILES string of the molecule is CC[C@H](C(=O)N[C@@H](C)CC)N(Cc1cccc(C)c1)C(=O)CN(c1ccc(Cl)cc1Cl)S(=O)(=O)c1ccccc1. The van der Waals surface area contributed by atoms with Gasteiger partial charge in [-0.2, -0.15) is 0 Å². The van der Waals surface area contributed by atoms with Gasteiger partial charge in [0, 0.05) is 17.6 Å². The molecule has 2 amide bonds. The van der Waals surface area contributed by atoms with E-state index in [1.54, 1.807) is 18.2 Å². The summed E-state index contributed by atoms with van der Waals surface area (Å²) in [6, 6.07) is 19.0. The normalized spacial score (nSPS) is 12.8. The number of hydrogen-bond acceptors (Lipinski definition) is 4. The van der Waals surface area contributed by atoms with Crippen LogP contribution in [0.15, 0.2) is 77.7 Å². The van der Waals surface area contributed by atoms with Crippen LogP contribution in [0.4, 0.5) is 5.69 Å². The van der Waals surface area contributed by atoms with Gasteiger partial charge in [0.05, 0.1) is 15.6 Å². The highest BCUT2D eigenvalue weighted by atomic mass is 35.5. The summed E-state index contributed by atoms with van der Waals surface area (Å²) in [4.78, 5) is 28.9. The molecule has 2 atom stereocenters. The fourth-order valence-corrected chi connectivity index (χ4v) is 6.30. The largest absolute Gasteiger partial charge is 0.352 e. The summed E-state index contributed by atoms with van der Waals surface area (Å²) in [5.41, 5.74) is 1.93. The monoisotopic (exact) mass is 603 g/mol. The zero-order valence-corrected chi connectivity index (χ0v) is 25.4. The third-order valence-corrected chi connectivity index (χ3v) is 8.92.